The van der Waals surface area contributed by atoms with Gasteiger partial charge in [0.05, 0.1) is 13.5 Å². The minimum absolute atomic E-state index is 0.163. The van der Waals surface area contributed by atoms with E-state index in [1.807, 2.05) is 0 Å². The van der Waals surface area contributed by atoms with Gasteiger partial charge in [-0.25, -0.2) is 4.79 Å². The Morgan fingerprint density at radius 3 is 2.08 bits per heavy atom. The quantitative estimate of drug-likeness (QED) is 0.577. The van der Waals surface area contributed by atoms with E-state index in [1.165, 1.54) is 7.11 Å². The molecule has 2 aromatic carbocycles. The molecule has 0 aliphatic heterocycles. The summed E-state index contributed by atoms with van der Waals surface area (Å²) in [5.41, 5.74) is -0.415. The number of hydrogen-bond acceptors (Lipinski definition) is 5. The zero-order valence-electron chi connectivity index (χ0n) is 14.2. The van der Waals surface area contributed by atoms with E-state index in [4.69, 9.17) is 21.1 Å². The minimum atomic E-state index is -1.18. The summed E-state index contributed by atoms with van der Waals surface area (Å²) in [4.78, 5) is 23.6. The van der Waals surface area contributed by atoms with Crippen LogP contribution in [0, 0.1) is 0 Å². The van der Waals surface area contributed by atoms with Gasteiger partial charge < -0.3 is 14.2 Å². The Kier molecular flexibility index (Phi) is 6.04. The maximum atomic E-state index is 12.4. The highest BCUT2D eigenvalue weighted by Gasteiger charge is 2.32. The van der Waals surface area contributed by atoms with Crippen molar-refractivity contribution in [2.24, 2.45) is 0 Å². The fourth-order valence-corrected chi connectivity index (χ4v) is 2.11. The molecule has 0 saturated carbocycles. The molecule has 0 spiro atoms. The molecule has 0 unspecified atom stereocenters. The molecule has 25 heavy (non-hydrogen) atoms. The Balaban J connectivity index is 1.99. The molecule has 0 heterocycles. The van der Waals surface area contributed by atoms with Crippen molar-refractivity contribution in [3.8, 4) is 11.5 Å². The molecule has 0 radical (unpaired) electrons. The van der Waals surface area contributed by atoms with Crippen LogP contribution >= 0.6 is 11.6 Å². The van der Waals surface area contributed by atoms with E-state index in [-0.39, 0.29) is 12.4 Å². The number of ether oxygens (including phenoxy) is 3. The van der Waals surface area contributed by atoms with Crippen LogP contribution in [0.1, 0.15) is 19.4 Å². The second kappa shape index (κ2) is 8.03. The van der Waals surface area contributed by atoms with Crippen molar-refractivity contribution in [3.05, 3.63) is 59.1 Å². The monoisotopic (exact) mass is 362 g/mol. The Hall–Kier alpha value is -2.53. The summed E-state index contributed by atoms with van der Waals surface area (Å²) in [5.74, 6) is 0.0107. The maximum Gasteiger partial charge on any atom is 0.355 e. The molecule has 2 aromatic rings. The van der Waals surface area contributed by atoms with Crippen molar-refractivity contribution < 1.29 is 23.8 Å². The van der Waals surface area contributed by atoms with Crippen molar-refractivity contribution >= 4 is 23.5 Å². The zero-order valence-corrected chi connectivity index (χ0v) is 15.0. The van der Waals surface area contributed by atoms with Gasteiger partial charge in [-0.3, -0.25) is 4.79 Å². The Bertz CT molecular complexity index is 735. The first-order valence-electron chi connectivity index (χ1n) is 7.63. The lowest BCUT2D eigenvalue weighted by atomic mass is 10.1. The molecule has 132 valence electrons. The smallest absolute Gasteiger partial charge is 0.355 e. The molecule has 6 heteroatoms. The van der Waals surface area contributed by atoms with Crippen molar-refractivity contribution in [1.29, 1.82) is 0 Å². The maximum absolute atomic E-state index is 12.4. The average Bonchev–Trinajstić information content (AvgIpc) is 2.58. The molecule has 0 aromatic heterocycles. The van der Waals surface area contributed by atoms with Gasteiger partial charge in [-0.1, -0.05) is 23.7 Å². The predicted octanol–water partition coefficient (Wildman–Crippen LogP) is 3.82. The Morgan fingerprint density at radius 2 is 1.52 bits per heavy atom. The molecule has 0 saturated heterocycles. The molecule has 0 aliphatic carbocycles. The summed E-state index contributed by atoms with van der Waals surface area (Å²) in [6.07, 6.45) is 0.163. The van der Waals surface area contributed by atoms with Crippen molar-refractivity contribution in [2.45, 2.75) is 25.9 Å². The molecule has 5 nitrogen and oxygen atoms in total. The van der Waals surface area contributed by atoms with Crippen LogP contribution in [0.3, 0.4) is 0 Å². The lowest BCUT2D eigenvalue weighted by Crippen LogP contribution is -2.41. The Labute approximate surface area is 151 Å². The first-order valence-corrected chi connectivity index (χ1v) is 8.00. The van der Waals surface area contributed by atoms with Gasteiger partial charge in [-0.2, -0.15) is 0 Å². The molecule has 0 bridgehead atoms. The van der Waals surface area contributed by atoms with Crippen LogP contribution in [0.5, 0.6) is 11.5 Å². The first-order chi connectivity index (χ1) is 11.8. The molecule has 2 rings (SSSR count). The number of halogens is 1. The van der Waals surface area contributed by atoms with E-state index >= 15 is 0 Å². The summed E-state index contributed by atoms with van der Waals surface area (Å²) in [7, 11) is 1.33. The van der Waals surface area contributed by atoms with E-state index in [0.717, 1.165) is 5.56 Å². The summed E-state index contributed by atoms with van der Waals surface area (Å²) in [6.45, 7) is 3.24. The third-order valence-corrected chi connectivity index (χ3v) is 3.64. The number of carbonyl (C=O) groups is 2. The first kappa shape index (κ1) is 18.8. The van der Waals surface area contributed by atoms with Crippen LogP contribution in [-0.4, -0.2) is 24.6 Å². The molecular weight excluding hydrogens is 344 g/mol. The molecule has 0 amide bonds. The lowest BCUT2D eigenvalue weighted by molar-refractivity contribution is -0.149. The normalized spacial score (nSPS) is 10.9. The van der Waals surface area contributed by atoms with Gasteiger partial charge in [0, 0.05) is 5.02 Å². The van der Waals surface area contributed by atoms with Crippen molar-refractivity contribution in [2.75, 3.05) is 7.11 Å². The molecule has 0 N–H and O–H groups in total. The highest BCUT2D eigenvalue weighted by atomic mass is 35.5. The molecular formula is C19H19ClO5. The minimum Gasteiger partial charge on any atom is -0.476 e. The number of rotatable bonds is 6. The topological polar surface area (TPSA) is 61.8 Å². The molecule has 0 fully saturated rings. The second-order valence-electron chi connectivity index (χ2n) is 5.85. The highest BCUT2D eigenvalue weighted by molar-refractivity contribution is 6.30. The van der Waals surface area contributed by atoms with E-state index in [2.05, 4.69) is 4.74 Å². The number of benzene rings is 2. The average molecular weight is 363 g/mol. The summed E-state index contributed by atoms with van der Waals surface area (Å²) >= 11 is 5.83. The van der Waals surface area contributed by atoms with Crippen LogP contribution in [-0.2, 0) is 20.7 Å². The van der Waals surface area contributed by atoms with E-state index in [9.17, 15) is 9.59 Å². The van der Waals surface area contributed by atoms with Gasteiger partial charge in [-0.15, -0.1) is 0 Å². The standard InChI is InChI=1S/C19H19ClO5/c1-19(2,25-16-10-6-14(20)7-11-16)18(22)24-15-8-4-13(5-9-15)12-17(21)23-3/h4-11H,12H2,1-3H3. The summed E-state index contributed by atoms with van der Waals surface area (Å²) < 4.78 is 15.7. The van der Waals surface area contributed by atoms with Crippen LogP contribution in [0.2, 0.25) is 5.02 Å². The summed E-state index contributed by atoms with van der Waals surface area (Å²) in [6, 6.07) is 13.4. The third-order valence-electron chi connectivity index (χ3n) is 3.39. The fraction of sp³-hybridized carbons (Fsp3) is 0.263. The predicted molar refractivity (Wildman–Crippen MR) is 94.0 cm³/mol. The summed E-state index contributed by atoms with van der Waals surface area (Å²) in [5, 5.41) is 0.583. The Morgan fingerprint density at radius 1 is 0.960 bits per heavy atom. The zero-order chi connectivity index (χ0) is 18.4. The van der Waals surface area contributed by atoms with Gasteiger partial charge in [-0.05, 0) is 55.8 Å². The van der Waals surface area contributed by atoms with Crippen LogP contribution in [0.25, 0.3) is 0 Å². The van der Waals surface area contributed by atoms with Gasteiger partial charge >= 0.3 is 11.9 Å². The fourth-order valence-electron chi connectivity index (χ4n) is 1.98. The van der Waals surface area contributed by atoms with E-state index in [0.29, 0.717) is 16.5 Å². The van der Waals surface area contributed by atoms with E-state index < -0.39 is 11.6 Å². The van der Waals surface area contributed by atoms with Crippen molar-refractivity contribution in [1.82, 2.24) is 0 Å². The molecule has 0 aliphatic rings. The second-order valence-corrected chi connectivity index (χ2v) is 6.29. The van der Waals surface area contributed by atoms with Gasteiger partial charge in [0.25, 0.3) is 0 Å². The van der Waals surface area contributed by atoms with Gasteiger partial charge in [0.2, 0.25) is 5.60 Å². The number of hydrogen-bond donors (Lipinski definition) is 0. The number of methoxy groups -OCH3 is 1. The van der Waals surface area contributed by atoms with Gasteiger partial charge in [0.15, 0.2) is 0 Å². The van der Waals surface area contributed by atoms with Crippen LogP contribution in [0.4, 0.5) is 0 Å². The number of carbonyl (C=O) groups excluding carboxylic acids is 2. The lowest BCUT2D eigenvalue weighted by Gasteiger charge is -2.24. The number of esters is 2. The largest absolute Gasteiger partial charge is 0.476 e. The van der Waals surface area contributed by atoms with Crippen LogP contribution < -0.4 is 9.47 Å². The van der Waals surface area contributed by atoms with Crippen LogP contribution in [0.15, 0.2) is 48.5 Å². The van der Waals surface area contributed by atoms with Crippen molar-refractivity contribution in [3.63, 3.8) is 0 Å². The third kappa shape index (κ3) is 5.50. The molecule has 0 atom stereocenters. The van der Waals surface area contributed by atoms with E-state index in [1.54, 1.807) is 62.4 Å². The highest BCUT2D eigenvalue weighted by Crippen LogP contribution is 2.23. The van der Waals surface area contributed by atoms with Gasteiger partial charge in [0.1, 0.15) is 11.5 Å². The SMILES string of the molecule is COC(=O)Cc1ccc(OC(=O)C(C)(C)Oc2ccc(Cl)cc2)cc1.